The van der Waals surface area contributed by atoms with Crippen LogP contribution in [-0.4, -0.2) is 11.7 Å². The summed E-state index contributed by atoms with van der Waals surface area (Å²) in [6.07, 6.45) is 0. The van der Waals surface area contributed by atoms with Crippen LogP contribution in [0, 0.1) is 0 Å². The highest BCUT2D eigenvalue weighted by molar-refractivity contribution is 6.33. The number of rotatable bonds is 0. The summed E-state index contributed by atoms with van der Waals surface area (Å²) in [5, 5.41) is 5.92. The van der Waals surface area contributed by atoms with Crippen LogP contribution in [0.1, 0.15) is 21.5 Å². The Labute approximate surface area is 121 Å². The van der Waals surface area contributed by atoms with Crippen molar-refractivity contribution in [2.75, 3.05) is 5.32 Å². The molecule has 102 valence electrons. The first-order chi connectivity index (χ1) is 10.3. The summed E-state index contributed by atoms with van der Waals surface area (Å²) in [5.41, 5.74) is 3.99. The summed E-state index contributed by atoms with van der Waals surface area (Å²) in [6, 6.07) is 14.9. The zero-order chi connectivity index (χ0) is 14.4. The number of ketones is 1. The van der Waals surface area contributed by atoms with Crippen molar-refractivity contribution in [2.45, 2.75) is 6.54 Å². The Kier molecular flexibility index (Phi) is 2.44. The smallest absolute Gasteiger partial charge is 0.254 e. The second-order valence-corrected chi connectivity index (χ2v) is 5.09. The number of carbonyl (C=O) groups excluding carboxylic acids is 2. The summed E-state index contributed by atoms with van der Waals surface area (Å²) in [6.45, 7) is 0.493. The predicted octanol–water partition coefficient (Wildman–Crippen LogP) is 2.34. The van der Waals surface area contributed by atoms with Gasteiger partial charge in [0.15, 0.2) is 0 Å². The lowest BCUT2D eigenvalue weighted by Gasteiger charge is -2.20. The van der Waals surface area contributed by atoms with Crippen LogP contribution in [0.25, 0.3) is 5.57 Å². The van der Waals surface area contributed by atoms with E-state index in [1.54, 1.807) is 6.07 Å². The van der Waals surface area contributed by atoms with E-state index >= 15 is 0 Å². The fourth-order valence-corrected chi connectivity index (χ4v) is 2.85. The van der Waals surface area contributed by atoms with Gasteiger partial charge in [0.2, 0.25) is 5.78 Å². The molecule has 2 aliphatic heterocycles. The van der Waals surface area contributed by atoms with Crippen molar-refractivity contribution in [3.63, 3.8) is 0 Å². The fourth-order valence-electron chi connectivity index (χ4n) is 2.85. The number of amides is 1. The maximum atomic E-state index is 12.6. The number of fused-ring (bicyclic) bond motifs is 2. The minimum Gasteiger partial charge on any atom is -0.351 e. The van der Waals surface area contributed by atoms with Crippen molar-refractivity contribution < 1.29 is 9.59 Å². The molecule has 0 spiro atoms. The minimum atomic E-state index is -0.211. The molecule has 2 heterocycles. The Bertz CT molecular complexity index is 821. The van der Waals surface area contributed by atoms with Crippen molar-refractivity contribution in [1.82, 2.24) is 5.32 Å². The van der Waals surface area contributed by atoms with Crippen LogP contribution in [0.4, 0.5) is 5.69 Å². The molecule has 0 fully saturated rings. The topological polar surface area (TPSA) is 58.2 Å². The molecule has 2 aromatic rings. The van der Waals surface area contributed by atoms with Crippen LogP contribution in [0.15, 0.2) is 54.2 Å². The van der Waals surface area contributed by atoms with E-state index in [9.17, 15) is 9.59 Å². The molecule has 0 aliphatic carbocycles. The lowest BCUT2D eigenvalue weighted by Crippen LogP contribution is -2.31. The van der Waals surface area contributed by atoms with Crippen molar-refractivity contribution >= 4 is 23.0 Å². The highest BCUT2D eigenvalue weighted by Gasteiger charge is 2.32. The maximum absolute atomic E-state index is 12.6. The van der Waals surface area contributed by atoms with Gasteiger partial charge in [-0.25, -0.2) is 0 Å². The van der Waals surface area contributed by atoms with E-state index in [0.29, 0.717) is 23.4 Å². The molecule has 0 unspecified atom stereocenters. The monoisotopic (exact) mass is 276 g/mol. The molecule has 0 radical (unpaired) electrons. The number of allylic oxidation sites excluding steroid dienone is 1. The van der Waals surface area contributed by atoms with Crippen LogP contribution in [0.2, 0.25) is 0 Å². The molecule has 0 saturated heterocycles. The van der Waals surface area contributed by atoms with E-state index in [4.69, 9.17) is 0 Å². The van der Waals surface area contributed by atoms with E-state index in [-0.39, 0.29) is 11.7 Å². The average molecular weight is 276 g/mol. The molecule has 4 nitrogen and oxygen atoms in total. The Morgan fingerprint density at radius 2 is 1.57 bits per heavy atom. The zero-order valence-corrected chi connectivity index (χ0v) is 11.1. The summed E-state index contributed by atoms with van der Waals surface area (Å²) in [4.78, 5) is 24.8. The van der Waals surface area contributed by atoms with Crippen LogP contribution >= 0.6 is 0 Å². The molecular weight excluding hydrogens is 264 g/mol. The third kappa shape index (κ3) is 1.69. The Morgan fingerprint density at radius 1 is 0.857 bits per heavy atom. The standard InChI is InChI=1S/C17H12N2O2/c20-16-12-7-3-4-8-13(12)19-15(16)14-11-6-2-1-5-10(11)9-18-17(14)21/h1-8,19H,9H2,(H,18,21)/b15-14-. The Balaban J connectivity index is 1.95. The van der Waals surface area contributed by atoms with E-state index in [2.05, 4.69) is 10.6 Å². The molecule has 21 heavy (non-hydrogen) atoms. The first-order valence-electron chi connectivity index (χ1n) is 6.77. The van der Waals surface area contributed by atoms with E-state index < -0.39 is 0 Å². The van der Waals surface area contributed by atoms with Gasteiger partial charge in [0, 0.05) is 17.8 Å². The lowest BCUT2D eigenvalue weighted by atomic mass is 9.93. The van der Waals surface area contributed by atoms with Gasteiger partial charge in [-0.2, -0.15) is 0 Å². The molecule has 0 aromatic heterocycles. The molecule has 2 N–H and O–H groups in total. The third-order valence-electron chi connectivity index (χ3n) is 3.86. The Hall–Kier alpha value is -2.88. The molecule has 2 aromatic carbocycles. The van der Waals surface area contributed by atoms with Gasteiger partial charge in [-0.1, -0.05) is 36.4 Å². The largest absolute Gasteiger partial charge is 0.351 e. The third-order valence-corrected chi connectivity index (χ3v) is 3.86. The van der Waals surface area contributed by atoms with Crippen molar-refractivity contribution in [3.8, 4) is 0 Å². The number of nitrogens with one attached hydrogen (secondary N) is 2. The molecular formula is C17H12N2O2. The van der Waals surface area contributed by atoms with Gasteiger partial charge >= 0.3 is 0 Å². The minimum absolute atomic E-state index is 0.132. The van der Waals surface area contributed by atoms with E-state index in [0.717, 1.165) is 16.8 Å². The first-order valence-corrected chi connectivity index (χ1v) is 6.77. The average Bonchev–Trinajstić information content (AvgIpc) is 2.84. The zero-order valence-electron chi connectivity index (χ0n) is 11.1. The number of benzene rings is 2. The molecule has 2 aliphatic rings. The second kappa shape index (κ2) is 4.31. The van der Waals surface area contributed by atoms with Gasteiger partial charge in [-0.15, -0.1) is 0 Å². The normalized spacial score (nSPS) is 19.6. The number of hydrogen-bond donors (Lipinski definition) is 2. The number of anilines is 1. The van der Waals surface area contributed by atoms with Crippen LogP contribution in [-0.2, 0) is 11.3 Å². The highest BCUT2D eigenvalue weighted by Crippen LogP contribution is 2.34. The van der Waals surface area contributed by atoms with Crippen LogP contribution in [0.3, 0.4) is 0 Å². The number of Topliss-reactive ketones (excluding diaryl/α,β-unsaturated/α-hetero) is 1. The van der Waals surface area contributed by atoms with Crippen LogP contribution < -0.4 is 10.6 Å². The van der Waals surface area contributed by atoms with Crippen LogP contribution in [0.5, 0.6) is 0 Å². The predicted molar refractivity (Wildman–Crippen MR) is 79.6 cm³/mol. The van der Waals surface area contributed by atoms with Crippen molar-refractivity contribution in [1.29, 1.82) is 0 Å². The molecule has 4 heteroatoms. The summed E-state index contributed by atoms with van der Waals surface area (Å²) in [7, 11) is 0. The lowest BCUT2D eigenvalue weighted by molar-refractivity contribution is -0.116. The van der Waals surface area contributed by atoms with Gasteiger partial charge in [-0.3, -0.25) is 9.59 Å². The van der Waals surface area contributed by atoms with E-state index in [1.165, 1.54) is 0 Å². The fraction of sp³-hybridized carbons (Fsp3) is 0.0588. The summed E-state index contributed by atoms with van der Waals surface area (Å²) in [5.74, 6) is -0.343. The molecule has 0 bridgehead atoms. The number of hydrogen-bond acceptors (Lipinski definition) is 3. The van der Waals surface area contributed by atoms with Crippen molar-refractivity contribution in [3.05, 3.63) is 70.9 Å². The summed E-state index contributed by atoms with van der Waals surface area (Å²) < 4.78 is 0. The van der Waals surface area contributed by atoms with Gasteiger partial charge in [0.25, 0.3) is 5.91 Å². The molecule has 0 saturated carbocycles. The SMILES string of the molecule is O=C1NCc2ccccc2/C1=C1/Nc2ccccc2C1=O. The van der Waals surface area contributed by atoms with Gasteiger partial charge in [0.05, 0.1) is 5.57 Å². The first kappa shape index (κ1) is 11.9. The number of para-hydroxylation sites is 1. The maximum Gasteiger partial charge on any atom is 0.254 e. The molecule has 4 rings (SSSR count). The van der Waals surface area contributed by atoms with Gasteiger partial charge < -0.3 is 10.6 Å². The quantitative estimate of drug-likeness (QED) is 0.726. The molecule has 0 atom stereocenters. The van der Waals surface area contributed by atoms with Gasteiger partial charge in [0.1, 0.15) is 5.70 Å². The Morgan fingerprint density at radius 3 is 2.38 bits per heavy atom. The summed E-state index contributed by atoms with van der Waals surface area (Å²) >= 11 is 0. The molecule has 1 amide bonds. The van der Waals surface area contributed by atoms with Crippen molar-refractivity contribution in [2.24, 2.45) is 0 Å². The highest BCUT2D eigenvalue weighted by atomic mass is 16.2. The van der Waals surface area contributed by atoms with Gasteiger partial charge in [-0.05, 0) is 23.3 Å². The van der Waals surface area contributed by atoms with E-state index in [1.807, 2.05) is 42.5 Å². The number of carbonyl (C=O) groups is 2. The second-order valence-electron chi connectivity index (χ2n) is 5.09.